The zero-order chi connectivity index (χ0) is 15.9. The van der Waals surface area contributed by atoms with E-state index in [4.69, 9.17) is 10.5 Å². The predicted octanol–water partition coefficient (Wildman–Crippen LogP) is 2.50. The van der Waals surface area contributed by atoms with E-state index in [1.165, 1.54) is 31.5 Å². The molecule has 2 rings (SSSR count). The highest BCUT2D eigenvalue weighted by Gasteiger charge is 2.27. The monoisotopic (exact) mass is 305 g/mol. The van der Waals surface area contributed by atoms with E-state index < -0.39 is 0 Å². The number of hydrogen-bond donors (Lipinski definition) is 1. The lowest BCUT2D eigenvalue weighted by Gasteiger charge is -2.39. The van der Waals surface area contributed by atoms with Gasteiger partial charge in [0, 0.05) is 18.2 Å². The zero-order valence-corrected chi connectivity index (χ0v) is 14.3. The van der Waals surface area contributed by atoms with Crippen LogP contribution in [0, 0.1) is 0 Å². The molecule has 0 radical (unpaired) electrons. The number of likely N-dealkylation sites (N-methyl/N-ethyl adjacent to an activating group) is 1. The number of piperidine rings is 1. The summed E-state index contributed by atoms with van der Waals surface area (Å²) in [7, 11) is 4.41. The van der Waals surface area contributed by atoms with Crippen LogP contribution in [0.5, 0.6) is 5.75 Å². The molecule has 1 aliphatic heterocycles. The van der Waals surface area contributed by atoms with Gasteiger partial charge in [-0.15, -0.1) is 0 Å². The number of nitrogens with zero attached hydrogens (tertiary/aromatic N) is 2. The average molecular weight is 305 g/mol. The molecule has 0 bridgehead atoms. The molecular formula is C18H31N3O. The van der Waals surface area contributed by atoms with E-state index in [-0.39, 0.29) is 6.04 Å². The van der Waals surface area contributed by atoms with Crippen molar-refractivity contribution in [3.05, 3.63) is 29.8 Å². The quantitative estimate of drug-likeness (QED) is 0.840. The second kappa shape index (κ2) is 8.51. The van der Waals surface area contributed by atoms with Crippen LogP contribution in [0.2, 0.25) is 0 Å². The average Bonchev–Trinajstić information content (AvgIpc) is 2.55. The smallest absolute Gasteiger partial charge is 0.124 e. The molecule has 22 heavy (non-hydrogen) atoms. The highest BCUT2D eigenvalue weighted by atomic mass is 16.5. The number of rotatable bonds is 7. The van der Waals surface area contributed by atoms with Crippen LogP contribution in [0.15, 0.2) is 24.3 Å². The Kier molecular flexibility index (Phi) is 6.68. The van der Waals surface area contributed by atoms with Crippen LogP contribution in [0.4, 0.5) is 0 Å². The Morgan fingerprint density at radius 3 is 2.64 bits per heavy atom. The van der Waals surface area contributed by atoms with E-state index in [1.807, 2.05) is 6.07 Å². The molecular weight excluding hydrogens is 274 g/mol. The van der Waals surface area contributed by atoms with E-state index >= 15 is 0 Å². The van der Waals surface area contributed by atoms with E-state index in [0.29, 0.717) is 12.6 Å². The van der Waals surface area contributed by atoms with Gasteiger partial charge in [-0.2, -0.15) is 0 Å². The first-order chi connectivity index (χ1) is 10.7. The van der Waals surface area contributed by atoms with Crippen molar-refractivity contribution < 1.29 is 4.74 Å². The van der Waals surface area contributed by atoms with Crippen molar-refractivity contribution >= 4 is 0 Å². The molecule has 1 atom stereocenters. The first-order valence-corrected chi connectivity index (χ1v) is 8.49. The molecule has 1 saturated heterocycles. The minimum absolute atomic E-state index is 0.224. The second-order valence-corrected chi connectivity index (χ2v) is 6.34. The molecule has 4 nitrogen and oxygen atoms in total. The largest absolute Gasteiger partial charge is 0.493 e. The van der Waals surface area contributed by atoms with Crippen molar-refractivity contribution in [1.82, 2.24) is 9.80 Å². The van der Waals surface area contributed by atoms with Crippen LogP contribution in [0.25, 0.3) is 0 Å². The molecule has 0 saturated carbocycles. The van der Waals surface area contributed by atoms with E-state index in [2.05, 4.69) is 49.0 Å². The number of likely N-dealkylation sites (tertiary alicyclic amines) is 1. The summed E-state index contributed by atoms with van der Waals surface area (Å²) < 4.78 is 5.93. The highest BCUT2D eigenvalue weighted by Crippen LogP contribution is 2.31. The van der Waals surface area contributed by atoms with Gasteiger partial charge in [-0.1, -0.05) is 25.1 Å². The van der Waals surface area contributed by atoms with Crippen molar-refractivity contribution in [2.45, 2.75) is 38.3 Å². The lowest BCUT2D eigenvalue weighted by Crippen LogP contribution is -2.45. The van der Waals surface area contributed by atoms with Crippen LogP contribution in [0.1, 0.15) is 37.8 Å². The molecule has 124 valence electrons. The number of hydrogen-bond acceptors (Lipinski definition) is 4. The minimum Gasteiger partial charge on any atom is -0.493 e. The highest BCUT2D eigenvalue weighted by molar-refractivity contribution is 5.36. The third-order valence-corrected chi connectivity index (χ3v) is 4.72. The lowest BCUT2D eigenvalue weighted by molar-refractivity contribution is 0.108. The Balaban J connectivity index is 2.13. The van der Waals surface area contributed by atoms with E-state index in [9.17, 15) is 0 Å². The molecule has 1 heterocycles. The molecule has 0 amide bonds. The first-order valence-electron chi connectivity index (χ1n) is 8.49. The Hall–Kier alpha value is -1.10. The molecule has 4 heteroatoms. The Morgan fingerprint density at radius 1 is 1.32 bits per heavy atom. The van der Waals surface area contributed by atoms with Gasteiger partial charge in [0.1, 0.15) is 5.75 Å². The van der Waals surface area contributed by atoms with E-state index in [1.54, 1.807) is 0 Å². The Bertz CT molecular complexity index is 444. The molecule has 0 aromatic heterocycles. The van der Waals surface area contributed by atoms with Crippen LogP contribution in [-0.4, -0.2) is 56.2 Å². The van der Waals surface area contributed by atoms with E-state index in [0.717, 1.165) is 18.8 Å². The Labute approximate surface area is 135 Å². The van der Waals surface area contributed by atoms with Gasteiger partial charge >= 0.3 is 0 Å². The van der Waals surface area contributed by atoms with Crippen molar-refractivity contribution in [2.24, 2.45) is 5.73 Å². The SMILES string of the molecule is CCCOc1ccccc1C(CN)N(C)C1CCN(C)CC1. The van der Waals surface area contributed by atoms with Crippen molar-refractivity contribution in [2.75, 3.05) is 40.3 Å². The van der Waals surface area contributed by atoms with Gasteiger partial charge in [-0.05, 0) is 52.5 Å². The summed E-state index contributed by atoms with van der Waals surface area (Å²) in [6.45, 7) is 5.84. The summed E-state index contributed by atoms with van der Waals surface area (Å²) in [4.78, 5) is 4.86. The number of ether oxygens (including phenoxy) is 1. The van der Waals surface area contributed by atoms with Gasteiger partial charge in [-0.25, -0.2) is 0 Å². The molecule has 1 unspecified atom stereocenters. The lowest BCUT2D eigenvalue weighted by atomic mass is 9.98. The topological polar surface area (TPSA) is 41.7 Å². The van der Waals surface area contributed by atoms with Crippen LogP contribution >= 0.6 is 0 Å². The fraction of sp³-hybridized carbons (Fsp3) is 0.667. The van der Waals surface area contributed by atoms with Gasteiger partial charge < -0.3 is 15.4 Å². The fourth-order valence-electron chi connectivity index (χ4n) is 3.27. The standard InChI is InChI=1S/C18H31N3O/c1-4-13-22-18-8-6-5-7-16(18)17(14-19)21(3)15-9-11-20(2)12-10-15/h5-8,15,17H,4,9-14,19H2,1-3H3. The summed E-state index contributed by atoms with van der Waals surface area (Å²) in [6, 6.07) is 9.17. The predicted molar refractivity (Wildman–Crippen MR) is 92.3 cm³/mol. The maximum atomic E-state index is 6.13. The van der Waals surface area contributed by atoms with Gasteiger partial charge in [-0.3, -0.25) is 4.90 Å². The van der Waals surface area contributed by atoms with Gasteiger partial charge in [0.05, 0.1) is 12.6 Å². The maximum absolute atomic E-state index is 6.13. The maximum Gasteiger partial charge on any atom is 0.124 e. The molecule has 0 spiro atoms. The van der Waals surface area contributed by atoms with Crippen LogP contribution < -0.4 is 10.5 Å². The molecule has 1 aromatic carbocycles. The normalized spacial score (nSPS) is 18.6. The van der Waals surface area contributed by atoms with Gasteiger partial charge in [0.25, 0.3) is 0 Å². The van der Waals surface area contributed by atoms with Crippen LogP contribution in [-0.2, 0) is 0 Å². The van der Waals surface area contributed by atoms with Crippen molar-refractivity contribution in [3.8, 4) is 5.75 Å². The third-order valence-electron chi connectivity index (χ3n) is 4.72. The summed E-state index contributed by atoms with van der Waals surface area (Å²) in [5.74, 6) is 0.986. The molecule has 1 fully saturated rings. The third kappa shape index (κ3) is 4.22. The summed E-state index contributed by atoms with van der Waals surface area (Å²) in [5.41, 5.74) is 7.35. The molecule has 1 aliphatic rings. The summed E-state index contributed by atoms with van der Waals surface area (Å²) in [5, 5.41) is 0. The Morgan fingerprint density at radius 2 is 2.00 bits per heavy atom. The summed E-state index contributed by atoms with van der Waals surface area (Å²) in [6.07, 6.45) is 3.44. The summed E-state index contributed by atoms with van der Waals surface area (Å²) >= 11 is 0. The van der Waals surface area contributed by atoms with Crippen molar-refractivity contribution in [3.63, 3.8) is 0 Å². The van der Waals surface area contributed by atoms with Crippen molar-refractivity contribution in [1.29, 1.82) is 0 Å². The fourth-order valence-corrected chi connectivity index (χ4v) is 3.27. The molecule has 1 aromatic rings. The number of nitrogens with two attached hydrogens (primary N) is 1. The molecule has 2 N–H and O–H groups in total. The zero-order valence-electron chi connectivity index (χ0n) is 14.3. The number of para-hydroxylation sites is 1. The number of benzene rings is 1. The van der Waals surface area contributed by atoms with Gasteiger partial charge in [0.2, 0.25) is 0 Å². The molecule has 0 aliphatic carbocycles. The second-order valence-electron chi connectivity index (χ2n) is 6.34. The minimum atomic E-state index is 0.224. The van der Waals surface area contributed by atoms with Gasteiger partial charge in [0.15, 0.2) is 0 Å². The van der Waals surface area contributed by atoms with Crippen LogP contribution in [0.3, 0.4) is 0 Å². The first kappa shape index (κ1) is 17.3.